The summed E-state index contributed by atoms with van der Waals surface area (Å²) in [5.41, 5.74) is 4.23. The minimum Gasteiger partial charge on any atom is -0.271 e. The summed E-state index contributed by atoms with van der Waals surface area (Å²) in [6.45, 7) is 6.61. The molecule has 1 atom stereocenters. The number of hydrazine groups is 1. The van der Waals surface area contributed by atoms with Crippen molar-refractivity contribution in [1.29, 1.82) is 0 Å². The van der Waals surface area contributed by atoms with E-state index in [1.165, 1.54) is 16.9 Å². The van der Waals surface area contributed by atoms with Crippen LogP contribution in [0.25, 0.3) is 0 Å². The Labute approximate surface area is 109 Å². The summed E-state index contributed by atoms with van der Waals surface area (Å²) >= 11 is 1.87. The van der Waals surface area contributed by atoms with Gasteiger partial charge in [-0.15, -0.1) is 11.8 Å². The molecule has 2 nitrogen and oxygen atoms in total. The molecule has 96 valence electrons. The van der Waals surface area contributed by atoms with Crippen molar-refractivity contribution in [3.8, 4) is 0 Å². The zero-order valence-electron chi connectivity index (χ0n) is 11.1. The molecular formula is C14H24N2S. The third-order valence-electron chi connectivity index (χ3n) is 2.80. The van der Waals surface area contributed by atoms with Crippen molar-refractivity contribution in [1.82, 2.24) is 5.43 Å². The summed E-state index contributed by atoms with van der Waals surface area (Å²) in [6, 6.07) is 9.07. The highest BCUT2D eigenvalue weighted by Gasteiger charge is 2.08. The Bertz CT molecular complexity index is 309. The minimum atomic E-state index is 0.406. The highest BCUT2D eigenvalue weighted by Crippen LogP contribution is 2.20. The fourth-order valence-electron chi connectivity index (χ4n) is 1.58. The lowest BCUT2D eigenvalue weighted by Gasteiger charge is -2.16. The molecule has 0 aliphatic heterocycles. The van der Waals surface area contributed by atoms with Gasteiger partial charge in [-0.25, -0.2) is 0 Å². The van der Waals surface area contributed by atoms with Gasteiger partial charge in [0.2, 0.25) is 0 Å². The monoisotopic (exact) mass is 252 g/mol. The van der Waals surface area contributed by atoms with Gasteiger partial charge >= 0.3 is 0 Å². The highest BCUT2D eigenvalue weighted by molar-refractivity contribution is 7.99. The lowest BCUT2D eigenvalue weighted by molar-refractivity contribution is 0.464. The highest BCUT2D eigenvalue weighted by atomic mass is 32.2. The lowest BCUT2D eigenvalue weighted by atomic mass is 10.0. The molecule has 0 radical (unpaired) electrons. The molecule has 0 aliphatic rings. The average Bonchev–Trinajstić information content (AvgIpc) is 2.31. The molecule has 3 heteroatoms. The van der Waals surface area contributed by atoms with E-state index in [-0.39, 0.29) is 0 Å². The predicted molar refractivity (Wildman–Crippen MR) is 77.1 cm³/mol. The molecule has 17 heavy (non-hydrogen) atoms. The van der Waals surface area contributed by atoms with Crippen LogP contribution < -0.4 is 11.3 Å². The Balaban J connectivity index is 2.34. The Morgan fingerprint density at radius 1 is 1.18 bits per heavy atom. The van der Waals surface area contributed by atoms with Crippen molar-refractivity contribution in [3.05, 3.63) is 29.8 Å². The third-order valence-corrected chi connectivity index (χ3v) is 3.97. The zero-order chi connectivity index (χ0) is 12.7. The van der Waals surface area contributed by atoms with E-state index >= 15 is 0 Å². The largest absolute Gasteiger partial charge is 0.271 e. The third kappa shape index (κ3) is 6.10. The second kappa shape index (κ2) is 7.75. The van der Waals surface area contributed by atoms with Crippen LogP contribution in [0.3, 0.4) is 0 Å². The van der Waals surface area contributed by atoms with E-state index in [1.807, 2.05) is 11.8 Å². The van der Waals surface area contributed by atoms with E-state index in [2.05, 4.69) is 50.5 Å². The van der Waals surface area contributed by atoms with Crippen molar-refractivity contribution in [2.24, 2.45) is 11.8 Å². The van der Waals surface area contributed by atoms with E-state index in [1.54, 1.807) is 0 Å². The fraction of sp³-hybridized carbons (Fsp3) is 0.571. The standard InChI is InChI=1S/C14H24N2S/c1-11(2)4-7-13(16-15)10-17-14-8-5-12(3)6-9-14/h5-6,8-9,11,13,16H,4,7,10,15H2,1-3H3. The van der Waals surface area contributed by atoms with E-state index in [9.17, 15) is 0 Å². The Kier molecular flexibility index (Phi) is 6.63. The van der Waals surface area contributed by atoms with Crippen molar-refractivity contribution >= 4 is 11.8 Å². The smallest absolute Gasteiger partial charge is 0.0304 e. The lowest BCUT2D eigenvalue weighted by Crippen LogP contribution is -2.37. The molecule has 0 heterocycles. The predicted octanol–water partition coefficient (Wildman–Crippen LogP) is 3.36. The quantitative estimate of drug-likeness (QED) is 0.444. The molecule has 0 saturated heterocycles. The summed E-state index contributed by atoms with van der Waals surface area (Å²) in [5, 5.41) is 0. The van der Waals surface area contributed by atoms with Gasteiger partial charge < -0.3 is 0 Å². The number of rotatable bonds is 7. The molecule has 0 fully saturated rings. The van der Waals surface area contributed by atoms with Crippen molar-refractivity contribution in [2.45, 2.75) is 44.6 Å². The molecule has 3 N–H and O–H groups in total. The number of hydrogen-bond acceptors (Lipinski definition) is 3. The van der Waals surface area contributed by atoms with Crippen LogP contribution in [0.2, 0.25) is 0 Å². The normalized spacial score (nSPS) is 13.0. The van der Waals surface area contributed by atoms with Gasteiger partial charge in [0, 0.05) is 16.7 Å². The van der Waals surface area contributed by atoms with Gasteiger partial charge in [-0.1, -0.05) is 31.5 Å². The SMILES string of the molecule is Cc1ccc(SCC(CCC(C)C)NN)cc1. The minimum absolute atomic E-state index is 0.406. The van der Waals surface area contributed by atoms with Crippen molar-refractivity contribution in [2.75, 3.05) is 5.75 Å². The molecule has 0 spiro atoms. The molecule has 0 amide bonds. The maximum absolute atomic E-state index is 5.58. The number of thioether (sulfide) groups is 1. The molecule has 0 bridgehead atoms. The van der Waals surface area contributed by atoms with Crippen LogP contribution in [0, 0.1) is 12.8 Å². The number of hydrogen-bond donors (Lipinski definition) is 2. The van der Waals surface area contributed by atoms with Gasteiger partial charge in [0.1, 0.15) is 0 Å². The Morgan fingerprint density at radius 2 is 1.82 bits per heavy atom. The van der Waals surface area contributed by atoms with Crippen LogP contribution in [-0.2, 0) is 0 Å². The first-order valence-electron chi connectivity index (χ1n) is 6.27. The van der Waals surface area contributed by atoms with Gasteiger partial charge in [-0.2, -0.15) is 0 Å². The summed E-state index contributed by atoms with van der Waals surface area (Å²) in [7, 11) is 0. The van der Waals surface area contributed by atoms with Gasteiger partial charge in [0.25, 0.3) is 0 Å². The molecule has 1 aromatic carbocycles. The molecule has 1 aromatic rings. The van der Waals surface area contributed by atoms with Crippen LogP contribution in [0.5, 0.6) is 0 Å². The average molecular weight is 252 g/mol. The molecule has 1 rings (SSSR count). The molecule has 0 saturated carbocycles. The van der Waals surface area contributed by atoms with Crippen LogP contribution in [0.1, 0.15) is 32.3 Å². The molecule has 0 aliphatic carbocycles. The van der Waals surface area contributed by atoms with Crippen LogP contribution in [-0.4, -0.2) is 11.8 Å². The van der Waals surface area contributed by atoms with Crippen molar-refractivity contribution < 1.29 is 0 Å². The van der Waals surface area contributed by atoms with Crippen molar-refractivity contribution in [3.63, 3.8) is 0 Å². The number of aryl methyl sites for hydroxylation is 1. The number of nitrogens with one attached hydrogen (secondary N) is 1. The van der Waals surface area contributed by atoms with Crippen LogP contribution in [0.15, 0.2) is 29.2 Å². The first-order chi connectivity index (χ1) is 8.11. The number of benzene rings is 1. The second-order valence-electron chi connectivity index (χ2n) is 4.96. The fourth-order valence-corrected chi connectivity index (χ4v) is 2.57. The topological polar surface area (TPSA) is 38.0 Å². The maximum Gasteiger partial charge on any atom is 0.0304 e. The van der Waals surface area contributed by atoms with Gasteiger partial charge in [-0.05, 0) is 37.8 Å². The van der Waals surface area contributed by atoms with Gasteiger partial charge in [-0.3, -0.25) is 11.3 Å². The van der Waals surface area contributed by atoms with Crippen LogP contribution in [0.4, 0.5) is 0 Å². The van der Waals surface area contributed by atoms with E-state index < -0.39 is 0 Å². The Hall–Kier alpha value is -0.510. The summed E-state index contributed by atoms with van der Waals surface area (Å²) in [5.74, 6) is 7.36. The molecular weight excluding hydrogens is 228 g/mol. The second-order valence-corrected chi connectivity index (χ2v) is 6.05. The van der Waals surface area contributed by atoms with Gasteiger partial charge in [0.05, 0.1) is 0 Å². The van der Waals surface area contributed by atoms with Crippen LogP contribution >= 0.6 is 11.8 Å². The zero-order valence-corrected chi connectivity index (χ0v) is 11.9. The summed E-state index contributed by atoms with van der Waals surface area (Å²) in [6.07, 6.45) is 2.37. The first-order valence-corrected chi connectivity index (χ1v) is 7.26. The first kappa shape index (κ1) is 14.6. The maximum atomic E-state index is 5.58. The van der Waals surface area contributed by atoms with E-state index in [0.29, 0.717) is 6.04 Å². The van der Waals surface area contributed by atoms with E-state index in [4.69, 9.17) is 5.84 Å². The van der Waals surface area contributed by atoms with E-state index in [0.717, 1.165) is 18.1 Å². The number of nitrogens with two attached hydrogens (primary N) is 1. The molecule has 1 unspecified atom stereocenters. The summed E-state index contributed by atoms with van der Waals surface area (Å²) in [4.78, 5) is 1.32. The van der Waals surface area contributed by atoms with Gasteiger partial charge in [0.15, 0.2) is 0 Å². The Morgan fingerprint density at radius 3 is 2.35 bits per heavy atom. The summed E-state index contributed by atoms with van der Waals surface area (Å²) < 4.78 is 0. The molecule has 0 aromatic heterocycles.